The van der Waals surface area contributed by atoms with Crippen molar-refractivity contribution in [2.45, 2.75) is 9.92 Å². The molecule has 0 amide bonds. The number of aromatic carboxylic acids is 1. The number of pyridine rings is 1. The highest BCUT2D eigenvalue weighted by molar-refractivity contribution is 7.99. The molecular weight excluding hydrogens is 329 g/mol. The van der Waals surface area contributed by atoms with Crippen LogP contribution in [0.4, 0.5) is 5.69 Å². The van der Waals surface area contributed by atoms with Crippen LogP contribution in [0.2, 0.25) is 10.0 Å². The van der Waals surface area contributed by atoms with E-state index in [4.69, 9.17) is 28.3 Å². The van der Waals surface area contributed by atoms with Crippen LogP contribution in [-0.4, -0.2) is 26.0 Å². The van der Waals surface area contributed by atoms with E-state index in [9.17, 15) is 14.9 Å². The van der Waals surface area contributed by atoms with Crippen LogP contribution in [0.15, 0.2) is 28.4 Å². The molecular formula is C10H5Cl2N3O4S. The average molecular weight is 334 g/mol. The third kappa shape index (κ3) is 2.87. The first kappa shape index (κ1) is 14.6. The molecule has 0 unspecified atom stereocenters. The van der Waals surface area contributed by atoms with E-state index in [-0.39, 0.29) is 26.5 Å². The summed E-state index contributed by atoms with van der Waals surface area (Å²) in [6.07, 6.45) is 2.67. The molecule has 0 atom stereocenters. The molecule has 104 valence electrons. The maximum absolute atomic E-state index is 10.9. The Kier molecular flexibility index (Phi) is 4.17. The van der Waals surface area contributed by atoms with Crippen LogP contribution in [0.5, 0.6) is 0 Å². The van der Waals surface area contributed by atoms with Crippen LogP contribution in [0.25, 0.3) is 0 Å². The Morgan fingerprint density at radius 1 is 1.40 bits per heavy atom. The molecule has 7 nitrogen and oxygen atoms in total. The molecule has 0 aliphatic carbocycles. The molecule has 0 aliphatic heterocycles. The monoisotopic (exact) mass is 333 g/mol. The van der Waals surface area contributed by atoms with E-state index in [1.807, 2.05) is 0 Å². The van der Waals surface area contributed by atoms with Gasteiger partial charge in [0.1, 0.15) is 5.69 Å². The van der Waals surface area contributed by atoms with E-state index in [0.29, 0.717) is 4.90 Å². The summed E-state index contributed by atoms with van der Waals surface area (Å²) in [6, 6.07) is 0.938. The molecule has 0 bridgehead atoms. The Hall–Kier alpha value is -1.77. The fourth-order valence-corrected chi connectivity index (χ4v) is 2.85. The van der Waals surface area contributed by atoms with Gasteiger partial charge in [0.25, 0.3) is 0 Å². The van der Waals surface area contributed by atoms with Crippen LogP contribution >= 0.6 is 35.0 Å². The molecule has 2 aromatic rings. The van der Waals surface area contributed by atoms with E-state index >= 15 is 0 Å². The van der Waals surface area contributed by atoms with Gasteiger partial charge in [-0.25, -0.2) is 4.79 Å². The fourth-order valence-electron chi connectivity index (χ4n) is 1.35. The minimum Gasteiger partial charge on any atom is -0.477 e. The first-order chi connectivity index (χ1) is 9.40. The molecule has 0 aromatic carbocycles. The highest BCUT2D eigenvalue weighted by Crippen LogP contribution is 2.41. The molecule has 2 rings (SSSR count). The molecule has 20 heavy (non-hydrogen) atoms. The van der Waals surface area contributed by atoms with Gasteiger partial charge < -0.3 is 10.1 Å². The summed E-state index contributed by atoms with van der Waals surface area (Å²) in [4.78, 5) is 27.6. The second kappa shape index (κ2) is 5.70. The van der Waals surface area contributed by atoms with E-state index in [2.05, 4.69) is 9.97 Å². The smallest absolute Gasteiger partial charge is 0.352 e. The number of rotatable bonds is 4. The Labute approximate surface area is 126 Å². The third-order valence-electron chi connectivity index (χ3n) is 2.20. The molecule has 10 heteroatoms. The van der Waals surface area contributed by atoms with Gasteiger partial charge in [-0.05, 0) is 0 Å². The number of hydrogen-bond donors (Lipinski definition) is 2. The maximum atomic E-state index is 10.9. The second-order valence-electron chi connectivity index (χ2n) is 3.49. The predicted octanol–water partition coefficient (Wildman–Crippen LogP) is 3.47. The number of nitrogens with one attached hydrogen (secondary N) is 1. The molecule has 0 radical (unpaired) electrons. The molecule has 0 aliphatic rings. The zero-order chi connectivity index (χ0) is 14.9. The van der Waals surface area contributed by atoms with Gasteiger partial charge in [0.05, 0.1) is 19.9 Å². The van der Waals surface area contributed by atoms with Gasteiger partial charge >= 0.3 is 11.7 Å². The molecule has 0 spiro atoms. The van der Waals surface area contributed by atoms with Gasteiger partial charge in [0.15, 0.2) is 5.03 Å². The van der Waals surface area contributed by atoms with Gasteiger partial charge in [-0.3, -0.25) is 15.1 Å². The number of nitrogens with zero attached hydrogens (tertiary/aromatic N) is 2. The van der Waals surface area contributed by atoms with Crippen molar-refractivity contribution in [2.24, 2.45) is 0 Å². The van der Waals surface area contributed by atoms with Crippen molar-refractivity contribution in [2.75, 3.05) is 0 Å². The molecule has 2 aromatic heterocycles. The Morgan fingerprint density at radius 3 is 2.50 bits per heavy atom. The lowest BCUT2D eigenvalue weighted by atomic mass is 10.4. The quantitative estimate of drug-likeness (QED) is 0.654. The number of halogens is 2. The van der Waals surface area contributed by atoms with Crippen LogP contribution in [0, 0.1) is 10.1 Å². The molecule has 2 N–H and O–H groups in total. The number of carboxylic acid groups (broad SMARTS) is 1. The topological polar surface area (TPSA) is 109 Å². The third-order valence-corrected chi connectivity index (χ3v) is 4.16. The molecule has 0 fully saturated rings. The number of nitro groups is 1. The first-order valence-corrected chi connectivity index (χ1v) is 6.55. The predicted molar refractivity (Wildman–Crippen MR) is 72.8 cm³/mol. The summed E-state index contributed by atoms with van der Waals surface area (Å²) in [7, 11) is 0. The largest absolute Gasteiger partial charge is 0.477 e. The second-order valence-corrected chi connectivity index (χ2v) is 5.33. The highest BCUT2D eigenvalue weighted by Gasteiger charge is 2.23. The number of carboxylic acids is 1. The maximum Gasteiger partial charge on any atom is 0.352 e. The van der Waals surface area contributed by atoms with Gasteiger partial charge in [-0.15, -0.1) is 0 Å². The zero-order valence-electron chi connectivity index (χ0n) is 9.46. The minimum atomic E-state index is -1.30. The lowest BCUT2D eigenvalue weighted by Crippen LogP contribution is -1.95. The van der Waals surface area contributed by atoms with Crippen LogP contribution in [0.3, 0.4) is 0 Å². The lowest BCUT2D eigenvalue weighted by Gasteiger charge is -2.03. The number of carbonyl (C=O) groups is 1. The van der Waals surface area contributed by atoms with Crippen molar-refractivity contribution >= 4 is 46.6 Å². The van der Waals surface area contributed by atoms with Crippen LogP contribution < -0.4 is 0 Å². The summed E-state index contributed by atoms with van der Waals surface area (Å²) >= 11 is 12.7. The Bertz CT molecular complexity index is 684. The highest BCUT2D eigenvalue weighted by atomic mass is 35.5. The van der Waals surface area contributed by atoms with Gasteiger partial charge in [-0.2, -0.15) is 0 Å². The van der Waals surface area contributed by atoms with E-state index in [1.165, 1.54) is 12.4 Å². The summed E-state index contributed by atoms with van der Waals surface area (Å²) in [6.45, 7) is 0. The molecule has 0 saturated heterocycles. The number of aromatic amines is 1. The van der Waals surface area contributed by atoms with E-state index in [0.717, 1.165) is 17.8 Å². The summed E-state index contributed by atoms with van der Waals surface area (Å²) < 4.78 is 0. The Morgan fingerprint density at radius 2 is 2.00 bits per heavy atom. The number of aromatic nitrogens is 2. The number of hydrogen-bond acceptors (Lipinski definition) is 5. The fraction of sp³-hybridized carbons (Fsp3) is 0. The summed E-state index contributed by atoms with van der Waals surface area (Å²) in [5.74, 6) is -1.30. The van der Waals surface area contributed by atoms with Gasteiger partial charge in [0.2, 0.25) is 0 Å². The Balaban J connectivity index is 2.47. The molecule has 2 heterocycles. The first-order valence-electron chi connectivity index (χ1n) is 4.97. The SMILES string of the molecule is O=C(O)c1cc([N+](=O)[O-])c(Sc2c(Cl)cncc2Cl)[nH]1. The normalized spacial score (nSPS) is 10.5. The minimum absolute atomic E-state index is 0.0300. The van der Waals surface area contributed by atoms with Gasteiger partial charge in [-0.1, -0.05) is 35.0 Å². The zero-order valence-corrected chi connectivity index (χ0v) is 11.8. The standard InChI is InChI=1S/C10H5Cl2N3O4S/c11-4-2-13-3-5(12)8(4)20-9-7(15(18)19)1-6(14-9)10(16)17/h1-3,14H,(H,16,17). The van der Waals surface area contributed by atoms with Crippen molar-refractivity contribution in [3.8, 4) is 0 Å². The van der Waals surface area contributed by atoms with E-state index < -0.39 is 10.9 Å². The lowest BCUT2D eigenvalue weighted by molar-refractivity contribution is -0.387. The van der Waals surface area contributed by atoms with Crippen LogP contribution in [0.1, 0.15) is 10.5 Å². The number of H-pyrrole nitrogens is 1. The van der Waals surface area contributed by atoms with Crippen molar-refractivity contribution in [1.82, 2.24) is 9.97 Å². The van der Waals surface area contributed by atoms with Gasteiger partial charge in [0, 0.05) is 18.5 Å². The van der Waals surface area contributed by atoms with Crippen molar-refractivity contribution in [3.05, 3.63) is 44.3 Å². The van der Waals surface area contributed by atoms with Crippen molar-refractivity contribution in [1.29, 1.82) is 0 Å². The van der Waals surface area contributed by atoms with Crippen molar-refractivity contribution in [3.63, 3.8) is 0 Å². The van der Waals surface area contributed by atoms with Crippen LogP contribution in [-0.2, 0) is 0 Å². The molecule has 0 saturated carbocycles. The summed E-state index contributed by atoms with van der Waals surface area (Å²) in [5, 5.41) is 20.2. The summed E-state index contributed by atoms with van der Waals surface area (Å²) in [5.41, 5.74) is -0.656. The van der Waals surface area contributed by atoms with E-state index in [1.54, 1.807) is 0 Å². The average Bonchev–Trinajstić information content (AvgIpc) is 2.78. The van der Waals surface area contributed by atoms with Crippen molar-refractivity contribution < 1.29 is 14.8 Å².